The molecule has 110 valence electrons. The topological polar surface area (TPSA) is 119 Å². The summed E-state index contributed by atoms with van der Waals surface area (Å²) in [4.78, 5) is 22.9. The molecule has 1 rings (SSSR count). The smallest absolute Gasteiger partial charge is 0.250 e. The summed E-state index contributed by atoms with van der Waals surface area (Å²) in [6, 6.07) is 2.87. The van der Waals surface area contributed by atoms with Gasteiger partial charge in [-0.15, -0.1) is 0 Å². The molecule has 1 aromatic carbocycles. The molecular weight excluding hydrogens is 284 g/mol. The molecule has 0 aromatic heterocycles. The summed E-state index contributed by atoms with van der Waals surface area (Å²) in [6.07, 6.45) is 0. The minimum atomic E-state index is -0.679. The number of nitrogens with one attached hydrogen (secondary N) is 2. The van der Waals surface area contributed by atoms with Gasteiger partial charge in [-0.05, 0) is 12.1 Å². The van der Waals surface area contributed by atoms with E-state index < -0.39 is 5.91 Å². The second kappa shape index (κ2) is 7.56. The quantitative estimate of drug-likeness (QED) is 0.423. The zero-order valence-electron chi connectivity index (χ0n) is 11.0. The van der Waals surface area contributed by atoms with Crippen LogP contribution < -0.4 is 22.1 Å². The third kappa shape index (κ3) is 4.60. The van der Waals surface area contributed by atoms with Crippen LogP contribution in [0.25, 0.3) is 0 Å². The number of nitrogen functional groups attached to an aromatic ring is 1. The van der Waals surface area contributed by atoms with Gasteiger partial charge in [-0.1, -0.05) is 11.6 Å². The Balaban J connectivity index is 2.72. The van der Waals surface area contributed by atoms with Gasteiger partial charge in [0.2, 0.25) is 5.91 Å². The van der Waals surface area contributed by atoms with Crippen molar-refractivity contribution < 1.29 is 14.3 Å². The minimum absolute atomic E-state index is 0.0480. The van der Waals surface area contributed by atoms with Gasteiger partial charge in [0.05, 0.1) is 29.4 Å². The molecule has 0 unspecified atom stereocenters. The number of hydrogen-bond donors (Lipinski definition) is 4. The van der Waals surface area contributed by atoms with Crippen LogP contribution in [0, 0.1) is 0 Å². The van der Waals surface area contributed by atoms with E-state index in [4.69, 9.17) is 27.8 Å². The summed E-state index contributed by atoms with van der Waals surface area (Å²) in [7, 11) is 1.54. The van der Waals surface area contributed by atoms with Gasteiger partial charge in [0.15, 0.2) is 0 Å². The highest BCUT2D eigenvalue weighted by Crippen LogP contribution is 2.28. The van der Waals surface area contributed by atoms with Gasteiger partial charge in [0.1, 0.15) is 0 Å². The van der Waals surface area contributed by atoms with Gasteiger partial charge < -0.3 is 26.8 Å². The van der Waals surface area contributed by atoms with Crippen molar-refractivity contribution in [3.63, 3.8) is 0 Å². The van der Waals surface area contributed by atoms with E-state index in [1.165, 1.54) is 19.2 Å². The maximum absolute atomic E-state index is 11.5. The number of hydrogen-bond acceptors (Lipinski definition) is 5. The number of carbonyl (C=O) groups excluding carboxylic acids is 2. The fraction of sp³-hybridized carbons (Fsp3) is 0.333. The lowest BCUT2D eigenvalue weighted by Gasteiger charge is -2.13. The van der Waals surface area contributed by atoms with E-state index in [9.17, 15) is 9.59 Å². The normalized spacial score (nSPS) is 10.1. The lowest BCUT2D eigenvalue weighted by atomic mass is 10.1. The molecule has 0 heterocycles. The van der Waals surface area contributed by atoms with Crippen molar-refractivity contribution in [3.8, 4) is 0 Å². The van der Waals surface area contributed by atoms with Crippen molar-refractivity contribution in [2.75, 3.05) is 37.9 Å². The van der Waals surface area contributed by atoms with Crippen LogP contribution in [0.15, 0.2) is 12.1 Å². The van der Waals surface area contributed by atoms with Crippen LogP contribution >= 0.6 is 11.6 Å². The molecule has 2 amide bonds. The fourth-order valence-electron chi connectivity index (χ4n) is 1.53. The lowest BCUT2D eigenvalue weighted by molar-refractivity contribution is -0.119. The highest BCUT2D eigenvalue weighted by molar-refractivity contribution is 6.34. The summed E-state index contributed by atoms with van der Waals surface area (Å²) in [5, 5.41) is 5.62. The van der Waals surface area contributed by atoms with Crippen molar-refractivity contribution in [1.82, 2.24) is 5.32 Å². The number of benzene rings is 1. The number of rotatable bonds is 7. The zero-order valence-corrected chi connectivity index (χ0v) is 11.8. The maximum atomic E-state index is 11.5. The molecule has 0 spiro atoms. The molecule has 6 N–H and O–H groups in total. The first-order valence-electron chi connectivity index (χ1n) is 5.84. The van der Waals surface area contributed by atoms with Crippen molar-refractivity contribution in [1.29, 1.82) is 0 Å². The number of anilines is 2. The van der Waals surface area contributed by atoms with Gasteiger partial charge in [0.25, 0.3) is 5.91 Å². The second-order valence-corrected chi connectivity index (χ2v) is 4.39. The molecule has 0 bridgehead atoms. The Labute approximate surface area is 121 Å². The number of nitrogens with two attached hydrogens (primary N) is 2. The Kier molecular flexibility index (Phi) is 6.08. The first-order valence-corrected chi connectivity index (χ1v) is 6.21. The van der Waals surface area contributed by atoms with E-state index in [2.05, 4.69) is 10.6 Å². The first-order chi connectivity index (χ1) is 9.45. The molecule has 0 saturated carbocycles. The Hall–Kier alpha value is -1.99. The zero-order chi connectivity index (χ0) is 15.1. The average molecular weight is 301 g/mol. The third-order valence-corrected chi connectivity index (χ3v) is 2.73. The predicted octanol–water partition coefficient (Wildman–Crippen LogP) is 0.196. The van der Waals surface area contributed by atoms with Crippen LogP contribution in [0.1, 0.15) is 10.4 Å². The van der Waals surface area contributed by atoms with Gasteiger partial charge in [0, 0.05) is 19.3 Å². The molecule has 0 aliphatic heterocycles. The van der Waals surface area contributed by atoms with E-state index >= 15 is 0 Å². The third-order valence-electron chi connectivity index (χ3n) is 2.43. The van der Waals surface area contributed by atoms with E-state index in [0.717, 1.165) is 0 Å². The molecule has 8 heteroatoms. The molecule has 1 aromatic rings. The Bertz CT molecular complexity index is 508. The minimum Gasteiger partial charge on any atom is -0.399 e. The van der Waals surface area contributed by atoms with Crippen LogP contribution in [0.5, 0.6) is 0 Å². The van der Waals surface area contributed by atoms with Crippen LogP contribution in [0.4, 0.5) is 11.4 Å². The standard InChI is InChI=1S/C12H17ClN4O3/c1-20-3-2-16-10(18)6-17-11-8(12(15)19)4-7(14)5-9(11)13/h4-5,17H,2-3,6,14H2,1H3,(H2,15,19)(H,16,18). The monoisotopic (exact) mass is 300 g/mol. The number of methoxy groups -OCH3 is 1. The first kappa shape index (κ1) is 16.1. The number of ether oxygens (including phenoxy) is 1. The number of amides is 2. The highest BCUT2D eigenvalue weighted by Gasteiger charge is 2.14. The predicted molar refractivity (Wildman–Crippen MR) is 77.8 cm³/mol. The van der Waals surface area contributed by atoms with Crippen molar-refractivity contribution in [2.45, 2.75) is 0 Å². The second-order valence-electron chi connectivity index (χ2n) is 3.99. The molecule has 7 nitrogen and oxygen atoms in total. The fourth-order valence-corrected chi connectivity index (χ4v) is 1.82. The maximum Gasteiger partial charge on any atom is 0.250 e. The Morgan fingerprint density at radius 2 is 2.10 bits per heavy atom. The summed E-state index contributed by atoms with van der Waals surface area (Å²) >= 11 is 5.99. The Morgan fingerprint density at radius 1 is 1.40 bits per heavy atom. The molecule has 0 aliphatic carbocycles. The summed E-state index contributed by atoms with van der Waals surface area (Å²) < 4.78 is 4.81. The van der Waals surface area contributed by atoms with Crippen molar-refractivity contribution in [2.24, 2.45) is 5.73 Å². The molecule has 0 aliphatic rings. The highest BCUT2D eigenvalue weighted by atomic mass is 35.5. The van der Waals surface area contributed by atoms with Crippen molar-refractivity contribution >= 4 is 34.8 Å². The van der Waals surface area contributed by atoms with Crippen LogP contribution in [-0.4, -0.2) is 38.6 Å². The molecule has 20 heavy (non-hydrogen) atoms. The number of primary amides is 1. The lowest BCUT2D eigenvalue weighted by Crippen LogP contribution is -2.32. The van der Waals surface area contributed by atoms with Crippen molar-refractivity contribution in [3.05, 3.63) is 22.7 Å². The summed E-state index contributed by atoms with van der Waals surface area (Å²) in [5.41, 5.74) is 11.6. The summed E-state index contributed by atoms with van der Waals surface area (Å²) in [6.45, 7) is 0.768. The SMILES string of the molecule is COCCNC(=O)CNc1c(Cl)cc(N)cc1C(N)=O. The number of halogens is 1. The molecule has 0 radical (unpaired) electrons. The van der Waals surface area contributed by atoms with Gasteiger partial charge in [-0.2, -0.15) is 0 Å². The van der Waals surface area contributed by atoms with Crippen LogP contribution in [0.3, 0.4) is 0 Å². The van der Waals surface area contributed by atoms with E-state index in [-0.39, 0.29) is 28.7 Å². The van der Waals surface area contributed by atoms with Crippen LogP contribution in [-0.2, 0) is 9.53 Å². The molecule has 0 fully saturated rings. The van der Waals surface area contributed by atoms with E-state index in [1.54, 1.807) is 0 Å². The molecular formula is C12H17ClN4O3. The summed E-state index contributed by atoms with van der Waals surface area (Å²) in [5.74, 6) is -0.938. The Morgan fingerprint density at radius 3 is 2.70 bits per heavy atom. The number of carbonyl (C=O) groups is 2. The van der Waals surface area contributed by atoms with E-state index in [1.807, 2.05) is 0 Å². The average Bonchev–Trinajstić information content (AvgIpc) is 2.37. The van der Waals surface area contributed by atoms with Gasteiger partial charge in [-0.3, -0.25) is 9.59 Å². The van der Waals surface area contributed by atoms with E-state index in [0.29, 0.717) is 18.8 Å². The van der Waals surface area contributed by atoms with Gasteiger partial charge >= 0.3 is 0 Å². The largest absolute Gasteiger partial charge is 0.399 e. The molecule has 0 atom stereocenters. The van der Waals surface area contributed by atoms with Crippen LogP contribution in [0.2, 0.25) is 5.02 Å². The van der Waals surface area contributed by atoms with Gasteiger partial charge in [-0.25, -0.2) is 0 Å². The molecule has 0 saturated heterocycles.